The van der Waals surface area contributed by atoms with Crippen LogP contribution < -0.4 is 16.8 Å². The van der Waals surface area contributed by atoms with Crippen molar-refractivity contribution in [3.63, 3.8) is 0 Å². The quantitative estimate of drug-likeness (QED) is 0.598. The van der Waals surface area contributed by atoms with Crippen LogP contribution in [0.4, 0.5) is 27.1 Å². The molecule has 5 nitrogen and oxygen atoms in total. The number of nitrogen functional groups attached to an aromatic ring is 2. The van der Waals surface area contributed by atoms with Crippen LogP contribution in [0.5, 0.6) is 0 Å². The number of hydrogen-bond acceptors (Lipinski definition) is 5. The van der Waals surface area contributed by atoms with Crippen LogP contribution in [0.25, 0.3) is 0 Å². The Kier molecular flexibility index (Phi) is 4.18. The molecule has 0 aliphatic carbocycles. The first-order valence-corrected chi connectivity index (χ1v) is 6.30. The zero-order valence-electron chi connectivity index (χ0n) is 11.1. The Labute approximate surface area is 125 Å². The lowest BCUT2D eigenvalue weighted by Crippen LogP contribution is -2.11. The van der Waals surface area contributed by atoms with Crippen molar-refractivity contribution in [3.8, 4) is 0 Å². The van der Waals surface area contributed by atoms with E-state index >= 15 is 0 Å². The fourth-order valence-electron chi connectivity index (χ4n) is 1.78. The van der Waals surface area contributed by atoms with Gasteiger partial charge in [-0.2, -0.15) is 0 Å². The van der Waals surface area contributed by atoms with Crippen LogP contribution in [0, 0.1) is 5.82 Å². The van der Waals surface area contributed by atoms with Gasteiger partial charge >= 0.3 is 5.97 Å². The molecule has 7 heteroatoms. The highest BCUT2D eigenvalue weighted by molar-refractivity contribution is 6.33. The van der Waals surface area contributed by atoms with Gasteiger partial charge in [-0.05, 0) is 18.2 Å². The van der Waals surface area contributed by atoms with Gasteiger partial charge in [0, 0.05) is 0 Å². The molecule has 0 spiro atoms. The van der Waals surface area contributed by atoms with Crippen molar-refractivity contribution in [1.82, 2.24) is 0 Å². The maximum atomic E-state index is 14.3. The Morgan fingerprint density at radius 1 is 1.33 bits per heavy atom. The van der Waals surface area contributed by atoms with Gasteiger partial charge in [0.15, 0.2) is 5.82 Å². The van der Waals surface area contributed by atoms with Gasteiger partial charge in [-0.15, -0.1) is 0 Å². The molecule has 0 unspecified atom stereocenters. The molecular weight excluding hydrogens is 297 g/mol. The van der Waals surface area contributed by atoms with Crippen LogP contribution in [-0.2, 0) is 4.74 Å². The van der Waals surface area contributed by atoms with Gasteiger partial charge in [0.25, 0.3) is 0 Å². The van der Waals surface area contributed by atoms with Crippen molar-refractivity contribution < 1.29 is 13.9 Å². The van der Waals surface area contributed by atoms with Crippen LogP contribution in [0.2, 0.25) is 5.02 Å². The number of esters is 1. The molecule has 2 aromatic carbocycles. The number of benzene rings is 2. The molecule has 0 bridgehead atoms. The molecule has 2 rings (SSSR count). The minimum Gasteiger partial charge on any atom is -0.465 e. The molecule has 0 aliphatic rings. The molecule has 0 radical (unpaired) electrons. The first-order chi connectivity index (χ1) is 9.95. The first-order valence-electron chi connectivity index (χ1n) is 5.93. The SMILES string of the molecule is COC(=O)c1cc(N)c(N)c(F)c1Nc1ccccc1Cl. The second-order valence-electron chi connectivity index (χ2n) is 4.21. The van der Waals surface area contributed by atoms with E-state index < -0.39 is 11.8 Å². The van der Waals surface area contributed by atoms with E-state index in [9.17, 15) is 9.18 Å². The number of nitrogens with two attached hydrogens (primary N) is 2. The molecule has 110 valence electrons. The number of ether oxygens (including phenoxy) is 1. The topological polar surface area (TPSA) is 90.4 Å². The zero-order chi connectivity index (χ0) is 15.6. The first kappa shape index (κ1) is 14.9. The third-order valence-electron chi connectivity index (χ3n) is 2.87. The number of halogens is 2. The fourth-order valence-corrected chi connectivity index (χ4v) is 1.96. The van der Waals surface area contributed by atoms with E-state index in [1.54, 1.807) is 24.3 Å². The molecule has 0 aromatic heterocycles. The van der Waals surface area contributed by atoms with Crippen molar-refractivity contribution in [2.24, 2.45) is 0 Å². The third kappa shape index (κ3) is 2.85. The summed E-state index contributed by atoms with van der Waals surface area (Å²) in [6.07, 6.45) is 0. The standard InChI is InChI=1S/C14H13ClFN3O2/c1-21-14(20)7-6-9(17)12(18)11(16)13(7)19-10-5-3-2-4-8(10)15/h2-6,19H,17-18H2,1H3. The normalized spacial score (nSPS) is 10.2. The van der Waals surface area contributed by atoms with Crippen LogP contribution >= 0.6 is 11.6 Å². The van der Waals surface area contributed by atoms with Crippen LogP contribution in [0.3, 0.4) is 0 Å². The fraction of sp³-hybridized carbons (Fsp3) is 0.0714. The maximum absolute atomic E-state index is 14.3. The van der Waals surface area contributed by atoms with Gasteiger partial charge in [-0.3, -0.25) is 0 Å². The average molecular weight is 310 g/mol. The molecule has 0 atom stereocenters. The highest BCUT2D eigenvalue weighted by Crippen LogP contribution is 2.34. The molecule has 0 amide bonds. The Hall–Kier alpha value is -2.47. The maximum Gasteiger partial charge on any atom is 0.340 e. The number of anilines is 4. The molecule has 2 aromatic rings. The second-order valence-corrected chi connectivity index (χ2v) is 4.62. The van der Waals surface area contributed by atoms with Crippen LogP contribution in [0.15, 0.2) is 30.3 Å². The number of hydrogen-bond donors (Lipinski definition) is 3. The van der Waals surface area contributed by atoms with Crippen LogP contribution in [-0.4, -0.2) is 13.1 Å². The molecule has 5 N–H and O–H groups in total. The highest BCUT2D eigenvalue weighted by atomic mass is 35.5. The van der Waals surface area contributed by atoms with Gasteiger partial charge in [-0.1, -0.05) is 23.7 Å². The summed E-state index contributed by atoms with van der Waals surface area (Å²) >= 11 is 6.01. The highest BCUT2D eigenvalue weighted by Gasteiger charge is 2.21. The largest absolute Gasteiger partial charge is 0.465 e. The molecule has 21 heavy (non-hydrogen) atoms. The van der Waals surface area contributed by atoms with E-state index in [1.807, 2.05) is 0 Å². The van der Waals surface area contributed by atoms with Crippen molar-refractivity contribution in [2.75, 3.05) is 23.9 Å². The minimum atomic E-state index is -0.838. The van der Waals surface area contributed by atoms with E-state index in [2.05, 4.69) is 10.1 Å². The molecule has 0 heterocycles. The lowest BCUT2D eigenvalue weighted by molar-refractivity contribution is 0.0601. The summed E-state index contributed by atoms with van der Waals surface area (Å²) in [5.74, 6) is -1.58. The van der Waals surface area contributed by atoms with E-state index in [-0.39, 0.29) is 22.6 Å². The molecule has 0 saturated carbocycles. The molecule has 0 aliphatic heterocycles. The summed E-state index contributed by atoms with van der Waals surface area (Å²) in [5.41, 5.74) is 11.1. The summed E-state index contributed by atoms with van der Waals surface area (Å²) in [5, 5.41) is 3.11. The molecular formula is C14H13ClFN3O2. The Bertz CT molecular complexity index is 707. The number of methoxy groups -OCH3 is 1. The summed E-state index contributed by atoms with van der Waals surface area (Å²) < 4.78 is 18.9. The smallest absolute Gasteiger partial charge is 0.340 e. The van der Waals surface area contributed by atoms with Crippen molar-refractivity contribution in [1.29, 1.82) is 0 Å². The summed E-state index contributed by atoms with van der Waals surface area (Å²) in [7, 11) is 1.19. The predicted octanol–water partition coefficient (Wildman–Crippen LogP) is 3.17. The Balaban J connectivity index is 2.59. The number of carbonyl (C=O) groups excluding carboxylic acids is 1. The molecule has 0 fully saturated rings. The lowest BCUT2D eigenvalue weighted by Gasteiger charge is -2.15. The van der Waals surface area contributed by atoms with E-state index in [0.29, 0.717) is 10.7 Å². The molecule has 0 saturated heterocycles. The average Bonchev–Trinajstić information content (AvgIpc) is 2.48. The zero-order valence-corrected chi connectivity index (χ0v) is 11.9. The second kappa shape index (κ2) is 5.88. The number of rotatable bonds is 3. The van der Waals surface area contributed by atoms with E-state index in [0.717, 1.165) is 0 Å². The minimum absolute atomic E-state index is 0.0439. The monoisotopic (exact) mass is 309 g/mol. The van der Waals surface area contributed by atoms with Crippen LogP contribution in [0.1, 0.15) is 10.4 Å². The van der Waals surface area contributed by atoms with Gasteiger partial charge in [0.05, 0.1) is 40.4 Å². The van der Waals surface area contributed by atoms with Crippen molar-refractivity contribution in [2.45, 2.75) is 0 Å². The van der Waals surface area contributed by atoms with E-state index in [4.69, 9.17) is 23.1 Å². The van der Waals surface area contributed by atoms with Gasteiger partial charge < -0.3 is 21.5 Å². The summed E-state index contributed by atoms with van der Waals surface area (Å²) in [6, 6.07) is 7.95. The van der Waals surface area contributed by atoms with Crippen molar-refractivity contribution >= 4 is 40.3 Å². The van der Waals surface area contributed by atoms with E-state index in [1.165, 1.54) is 13.2 Å². The van der Waals surface area contributed by atoms with Gasteiger partial charge in [0.2, 0.25) is 0 Å². The lowest BCUT2D eigenvalue weighted by atomic mass is 10.1. The van der Waals surface area contributed by atoms with Crippen molar-refractivity contribution in [3.05, 3.63) is 46.7 Å². The number of nitrogens with one attached hydrogen (secondary N) is 1. The summed E-state index contributed by atoms with van der Waals surface area (Å²) in [6.45, 7) is 0. The Morgan fingerprint density at radius 2 is 2.00 bits per heavy atom. The summed E-state index contributed by atoms with van der Waals surface area (Å²) in [4.78, 5) is 11.8. The predicted molar refractivity (Wildman–Crippen MR) is 81.3 cm³/mol. The van der Waals surface area contributed by atoms with Gasteiger partial charge in [-0.25, -0.2) is 9.18 Å². The number of carbonyl (C=O) groups is 1. The third-order valence-corrected chi connectivity index (χ3v) is 3.20. The van der Waals surface area contributed by atoms with Gasteiger partial charge in [0.1, 0.15) is 0 Å². The number of para-hydroxylation sites is 1. The Morgan fingerprint density at radius 3 is 2.62 bits per heavy atom.